The molecule has 0 aromatic rings. The average molecular weight is 118 g/mol. The molecule has 0 bridgehead atoms. The molecule has 0 radical (unpaired) electrons. The molecule has 46 valence electrons. The summed E-state index contributed by atoms with van der Waals surface area (Å²) in [4.78, 5) is 0. The molecule has 0 amide bonds. The largest absolute Gasteiger partial charge is 0.707 e. The lowest BCUT2D eigenvalue weighted by molar-refractivity contribution is 0.254. The SMILES string of the molecule is OCC=COB(O)O. The third-order valence-electron chi connectivity index (χ3n) is 0.402. The van der Waals surface area contributed by atoms with E-state index in [9.17, 15) is 0 Å². The minimum atomic E-state index is -1.79. The van der Waals surface area contributed by atoms with Crippen LogP contribution in [0.2, 0.25) is 0 Å². The number of rotatable bonds is 3. The smallest absolute Gasteiger partial charge is 0.519 e. The molecule has 0 aliphatic heterocycles. The molecule has 0 saturated carbocycles. The van der Waals surface area contributed by atoms with Crippen molar-refractivity contribution in [2.45, 2.75) is 0 Å². The lowest BCUT2D eigenvalue weighted by atomic mass is 10.3. The minimum absolute atomic E-state index is 0.174. The molecule has 0 fully saturated rings. The first-order chi connectivity index (χ1) is 3.77. The van der Waals surface area contributed by atoms with E-state index in [-0.39, 0.29) is 6.61 Å². The van der Waals surface area contributed by atoms with Crippen molar-refractivity contribution in [2.24, 2.45) is 0 Å². The fourth-order valence-electron chi connectivity index (χ4n) is 0.169. The molecule has 4 nitrogen and oxygen atoms in total. The van der Waals surface area contributed by atoms with Crippen LogP contribution in [0.1, 0.15) is 0 Å². The van der Waals surface area contributed by atoms with E-state index in [2.05, 4.69) is 4.65 Å². The van der Waals surface area contributed by atoms with Crippen LogP contribution in [0.25, 0.3) is 0 Å². The Balaban J connectivity index is 3.03. The van der Waals surface area contributed by atoms with E-state index in [0.717, 1.165) is 6.26 Å². The van der Waals surface area contributed by atoms with E-state index in [4.69, 9.17) is 15.2 Å². The van der Waals surface area contributed by atoms with Gasteiger partial charge in [0.05, 0.1) is 12.9 Å². The topological polar surface area (TPSA) is 69.9 Å². The third-order valence-corrected chi connectivity index (χ3v) is 0.402. The molecule has 0 spiro atoms. The maximum Gasteiger partial charge on any atom is 0.707 e. The molecule has 3 N–H and O–H groups in total. The highest BCUT2D eigenvalue weighted by molar-refractivity contribution is 6.32. The van der Waals surface area contributed by atoms with Crippen LogP contribution in [0.15, 0.2) is 12.3 Å². The Morgan fingerprint density at radius 3 is 2.50 bits per heavy atom. The Kier molecular flexibility index (Phi) is 4.34. The zero-order valence-electron chi connectivity index (χ0n) is 4.19. The van der Waals surface area contributed by atoms with Gasteiger partial charge in [-0.1, -0.05) is 0 Å². The summed E-state index contributed by atoms with van der Waals surface area (Å²) in [5.74, 6) is 0. The molecule has 0 aliphatic rings. The molecule has 0 aromatic carbocycles. The van der Waals surface area contributed by atoms with Gasteiger partial charge >= 0.3 is 7.32 Å². The van der Waals surface area contributed by atoms with Crippen molar-refractivity contribution in [1.82, 2.24) is 0 Å². The molecule has 0 aliphatic carbocycles. The van der Waals surface area contributed by atoms with Crippen molar-refractivity contribution in [1.29, 1.82) is 0 Å². The van der Waals surface area contributed by atoms with E-state index in [1.54, 1.807) is 0 Å². The molecular weight excluding hydrogens is 111 g/mol. The van der Waals surface area contributed by atoms with Gasteiger partial charge in [-0.05, 0) is 6.08 Å². The zero-order chi connectivity index (χ0) is 6.41. The molecule has 0 saturated heterocycles. The van der Waals surface area contributed by atoms with Crippen LogP contribution >= 0.6 is 0 Å². The van der Waals surface area contributed by atoms with Gasteiger partial charge in [0, 0.05) is 0 Å². The van der Waals surface area contributed by atoms with Crippen LogP contribution in [-0.2, 0) is 4.65 Å². The highest BCUT2D eigenvalue weighted by atomic mass is 16.6. The van der Waals surface area contributed by atoms with Crippen LogP contribution in [0, 0.1) is 0 Å². The standard InChI is InChI=1S/C3H7BO4/c5-2-1-3-8-4(6)7/h1,3,5-7H,2H2. The fraction of sp³-hybridized carbons (Fsp3) is 0.333. The van der Waals surface area contributed by atoms with Crippen molar-refractivity contribution >= 4 is 7.32 Å². The Morgan fingerprint density at radius 2 is 2.12 bits per heavy atom. The Hall–Kier alpha value is -0.515. The predicted molar refractivity (Wildman–Crippen MR) is 27.5 cm³/mol. The summed E-state index contributed by atoms with van der Waals surface area (Å²) in [5.41, 5.74) is 0. The van der Waals surface area contributed by atoms with Crippen molar-refractivity contribution in [3.63, 3.8) is 0 Å². The van der Waals surface area contributed by atoms with Gasteiger partial charge in [-0.2, -0.15) is 0 Å². The quantitative estimate of drug-likeness (QED) is 0.311. The van der Waals surface area contributed by atoms with Gasteiger partial charge in [0.25, 0.3) is 0 Å². The summed E-state index contributed by atoms with van der Waals surface area (Å²) in [7, 11) is -1.79. The highest BCUT2D eigenvalue weighted by Gasteiger charge is 2.04. The van der Waals surface area contributed by atoms with Gasteiger partial charge in [0.15, 0.2) is 0 Å². The monoisotopic (exact) mass is 118 g/mol. The Bertz CT molecular complexity index is 71.7. The van der Waals surface area contributed by atoms with Crippen LogP contribution in [0.5, 0.6) is 0 Å². The summed E-state index contributed by atoms with van der Waals surface area (Å²) in [6.45, 7) is -0.174. The van der Waals surface area contributed by atoms with E-state index in [0.29, 0.717) is 0 Å². The number of hydrogen-bond donors (Lipinski definition) is 3. The maximum atomic E-state index is 8.05. The molecule has 8 heavy (non-hydrogen) atoms. The molecule has 0 rings (SSSR count). The maximum absolute atomic E-state index is 8.05. The summed E-state index contributed by atoms with van der Waals surface area (Å²) in [5, 5.41) is 24.0. The lowest BCUT2D eigenvalue weighted by Gasteiger charge is -1.92. The van der Waals surface area contributed by atoms with E-state index in [1.807, 2.05) is 0 Å². The second-order valence-electron chi connectivity index (χ2n) is 1.02. The molecular formula is C3H7BO4. The zero-order valence-corrected chi connectivity index (χ0v) is 4.19. The van der Waals surface area contributed by atoms with E-state index in [1.165, 1.54) is 6.08 Å². The van der Waals surface area contributed by atoms with Crippen molar-refractivity contribution < 1.29 is 19.8 Å². The third kappa shape index (κ3) is 5.48. The minimum Gasteiger partial charge on any atom is -0.519 e. The van der Waals surface area contributed by atoms with Gasteiger partial charge in [0.1, 0.15) is 0 Å². The van der Waals surface area contributed by atoms with Crippen molar-refractivity contribution in [3.8, 4) is 0 Å². The van der Waals surface area contributed by atoms with Crippen LogP contribution in [0.4, 0.5) is 0 Å². The summed E-state index contributed by atoms with van der Waals surface area (Å²) in [6.07, 6.45) is 2.24. The normalized spacial score (nSPS) is 9.88. The second kappa shape index (κ2) is 4.64. The van der Waals surface area contributed by atoms with Gasteiger partial charge in [-0.3, -0.25) is 0 Å². The molecule has 5 heteroatoms. The highest BCUT2D eigenvalue weighted by Crippen LogP contribution is 1.76. The van der Waals surface area contributed by atoms with E-state index < -0.39 is 7.32 Å². The Labute approximate surface area is 47.2 Å². The van der Waals surface area contributed by atoms with Gasteiger partial charge in [0.2, 0.25) is 0 Å². The second-order valence-corrected chi connectivity index (χ2v) is 1.02. The first-order valence-corrected chi connectivity index (χ1v) is 2.05. The van der Waals surface area contributed by atoms with Gasteiger partial charge in [-0.25, -0.2) is 0 Å². The number of aliphatic hydroxyl groups excluding tert-OH is 1. The van der Waals surface area contributed by atoms with Crippen LogP contribution in [0.3, 0.4) is 0 Å². The summed E-state index contributed by atoms with van der Waals surface area (Å²) < 4.78 is 4.05. The number of aliphatic hydroxyl groups is 1. The summed E-state index contributed by atoms with van der Waals surface area (Å²) in [6, 6.07) is 0. The summed E-state index contributed by atoms with van der Waals surface area (Å²) >= 11 is 0. The number of hydrogen-bond acceptors (Lipinski definition) is 4. The van der Waals surface area contributed by atoms with Crippen LogP contribution < -0.4 is 0 Å². The molecule has 0 aromatic heterocycles. The fourth-order valence-corrected chi connectivity index (χ4v) is 0.169. The molecule has 0 atom stereocenters. The first kappa shape index (κ1) is 7.48. The average Bonchev–Trinajstić information content (AvgIpc) is 1.66. The van der Waals surface area contributed by atoms with Gasteiger partial charge in [-0.15, -0.1) is 0 Å². The predicted octanol–water partition coefficient (Wildman–Crippen LogP) is -1.52. The van der Waals surface area contributed by atoms with E-state index >= 15 is 0 Å². The lowest BCUT2D eigenvalue weighted by Crippen LogP contribution is -2.12. The Morgan fingerprint density at radius 1 is 1.50 bits per heavy atom. The first-order valence-electron chi connectivity index (χ1n) is 2.05. The van der Waals surface area contributed by atoms with Crippen molar-refractivity contribution in [3.05, 3.63) is 12.3 Å². The van der Waals surface area contributed by atoms with Crippen molar-refractivity contribution in [2.75, 3.05) is 6.61 Å². The molecule has 0 unspecified atom stereocenters. The van der Waals surface area contributed by atoms with Gasteiger partial charge < -0.3 is 19.8 Å². The molecule has 0 heterocycles. The van der Waals surface area contributed by atoms with Crippen LogP contribution in [-0.4, -0.2) is 29.1 Å².